The van der Waals surface area contributed by atoms with Crippen LogP contribution in [0.3, 0.4) is 0 Å². The Morgan fingerprint density at radius 1 is 1.50 bits per heavy atom. The van der Waals surface area contributed by atoms with Gasteiger partial charge in [0.2, 0.25) is 0 Å². The van der Waals surface area contributed by atoms with Crippen LogP contribution in [0.1, 0.15) is 48.1 Å². The van der Waals surface area contributed by atoms with E-state index in [-0.39, 0.29) is 5.97 Å². The molecule has 20 heavy (non-hydrogen) atoms. The molecule has 0 saturated heterocycles. The minimum atomic E-state index is -0.263. The lowest BCUT2D eigenvalue weighted by Gasteiger charge is -2.30. The van der Waals surface area contributed by atoms with E-state index in [0.29, 0.717) is 18.1 Å². The highest BCUT2D eigenvalue weighted by Gasteiger charge is 2.21. The standard InChI is InChI=1S/C16H24N2O2/c1-5-20-16(19)14-8-13-10-18(9-11(2)3)7-6-15(13)17-12(14)4/h8,11H,5-7,9-10H2,1-4H3. The number of hydrogen-bond donors (Lipinski definition) is 0. The Hall–Kier alpha value is -1.42. The number of pyridine rings is 1. The summed E-state index contributed by atoms with van der Waals surface area (Å²) in [6, 6.07) is 1.97. The van der Waals surface area contributed by atoms with E-state index in [1.165, 1.54) is 5.56 Å². The number of hydrogen-bond acceptors (Lipinski definition) is 4. The molecule has 0 aliphatic carbocycles. The quantitative estimate of drug-likeness (QED) is 0.793. The van der Waals surface area contributed by atoms with Crippen LogP contribution in [-0.2, 0) is 17.7 Å². The average Bonchev–Trinajstić information content (AvgIpc) is 2.38. The van der Waals surface area contributed by atoms with Gasteiger partial charge in [-0.15, -0.1) is 0 Å². The van der Waals surface area contributed by atoms with Crippen molar-refractivity contribution in [3.8, 4) is 0 Å². The van der Waals surface area contributed by atoms with Gasteiger partial charge in [0.05, 0.1) is 17.9 Å². The molecule has 0 spiro atoms. The minimum Gasteiger partial charge on any atom is -0.462 e. The highest BCUT2D eigenvalue weighted by molar-refractivity contribution is 5.90. The number of nitrogens with zero attached hydrogens (tertiary/aromatic N) is 2. The molecule has 0 saturated carbocycles. The maximum absolute atomic E-state index is 11.9. The SMILES string of the molecule is CCOC(=O)c1cc2c(nc1C)CCN(CC(C)C)C2. The Morgan fingerprint density at radius 2 is 2.25 bits per heavy atom. The summed E-state index contributed by atoms with van der Waals surface area (Å²) >= 11 is 0. The topological polar surface area (TPSA) is 42.4 Å². The first-order valence-corrected chi connectivity index (χ1v) is 7.40. The monoisotopic (exact) mass is 276 g/mol. The van der Waals surface area contributed by atoms with Gasteiger partial charge in [-0.05, 0) is 31.4 Å². The molecule has 1 aromatic rings. The largest absolute Gasteiger partial charge is 0.462 e. The number of esters is 1. The number of aromatic nitrogens is 1. The van der Waals surface area contributed by atoms with Crippen LogP contribution in [0.15, 0.2) is 6.07 Å². The van der Waals surface area contributed by atoms with Crippen molar-refractivity contribution < 1.29 is 9.53 Å². The summed E-state index contributed by atoms with van der Waals surface area (Å²) in [6.07, 6.45) is 0.964. The van der Waals surface area contributed by atoms with Crippen LogP contribution in [0.5, 0.6) is 0 Å². The zero-order valence-corrected chi connectivity index (χ0v) is 12.9. The highest BCUT2D eigenvalue weighted by atomic mass is 16.5. The number of fused-ring (bicyclic) bond motifs is 1. The van der Waals surface area contributed by atoms with Crippen molar-refractivity contribution in [2.24, 2.45) is 5.92 Å². The van der Waals surface area contributed by atoms with Crippen LogP contribution in [0, 0.1) is 12.8 Å². The fourth-order valence-electron chi connectivity index (χ4n) is 2.72. The lowest BCUT2D eigenvalue weighted by Crippen LogP contribution is -2.34. The number of aryl methyl sites for hydroxylation is 1. The molecule has 1 aliphatic heterocycles. The van der Waals surface area contributed by atoms with E-state index in [0.717, 1.165) is 37.4 Å². The van der Waals surface area contributed by atoms with E-state index in [4.69, 9.17) is 4.74 Å². The molecule has 0 N–H and O–H groups in total. The Labute approximate surface area is 121 Å². The molecule has 0 atom stereocenters. The van der Waals surface area contributed by atoms with Crippen molar-refractivity contribution in [1.29, 1.82) is 0 Å². The van der Waals surface area contributed by atoms with Crippen LogP contribution < -0.4 is 0 Å². The number of rotatable bonds is 4. The van der Waals surface area contributed by atoms with Crippen LogP contribution in [0.4, 0.5) is 0 Å². The summed E-state index contributed by atoms with van der Waals surface area (Å²) in [6.45, 7) is 11.6. The summed E-state index contributed by atoms with van der Waals surface area (Å²) < 4.78 is 5.10. The lowest BCUT2D eigenvalue weighted by atomic mass is 10.0. The molecule has 110 valence electrons. The average molecular weight is 276 g/mol. The summed E-state index contributed by atoms with van der Waals surface area (Å²) in [4.78, 5) is 19.0. The van der Waals surface area contributed by atoms with E-state index in [1.54, 1.807) is 0 Å². The lowest BCUT2D eigenvalue weighted by molar-refractivity contribution is 0.0524. The number of carbonyl (C=O) groups is 1. The zero-order valence-electron chi connectivity index (χ0n) is 12.9. The molecule has 0 amide bonds. The molecule has 0 aromatic carbocycles. The molecule has 2 rings (SSSR count). The molecule has 0 bridgehead atoms. The van der Waals surface area contributed by atoms with Gasteiger partial charge in [0.15, 0.2) is 0 Å². The molecular formula is C16H24N2O2. The normalized spacial score (nSPS) is 15.2. The molecular weight excluding hydrogens is 252 g/mol. The summed E-state index contributed by atoms with van der Waals surface area (Å²) in [5.74, 6) is 0.390. The van der Waals surface area contributed by atoms with Gasteiger partial charge in [-0.1, -0.05) is 13.8 Å². The fraction of sp³-hybridized carbons (Fsp3) is 0.625. The van der Waals surface area contributed by atoms with Gasteiger partial charge in [-0.25, -0.2) is 4.79 Å². The van der Waals surface area contributed by atoms with E-state index in [2.05, 4.69) is 23.7 Å². The summed E-state index contributed by atoms with van der Waals surface area (Å²) in [5, 5.41) is 0. The maximum Gasteiger partial charge on any atom is 0.339 e. The predicted molar refractivity (Wildman–Crippen MR) is 78.7 cm³/mol. The Bertz CT molecular complexity index is 497. The smallest absolute Gasteiger partial charge is 0.339 e. The van der Waals surface area contributed by atoms with Crippen LogP contribution in [0.2, 0.25) is 0 Å². The molecule has 4 heteroatoms. The number of carbonyl (C=O) groups excluding carboxylic acids is 1. The molecule has 4 nitrogen and oxygen atoms in total. The predicted octanol–water partition coefficient (Wildman–Crippen LogP) is 2.58. The number of ether oxygens (including phenoxy) is 1. The van der Waals surface area contributed by atoms with Gasteiger partial charge >= 0.3 is 5.97 Å². The van der Waals surface area contributed by atoms with E-state index in [1.807, 2.05) is 19.9 Å². The van der Waals surface area contributed by atoms with Crippen molar-refractivity contribution in [2.45, 2.75) is 40.7 Å². The Morgan fingerprint density at radius 3 is 2.90 bits per heavy atom. The van der Waals surface area contributed by atoms with Gasteiger partial charge in [-0.2, -0.15) is 0 Å². The first-order valence-electron chi connectivity index (χ1n) is 7.40. The van der Waals surface area contributed by atoms with Gasteiger partial charge in [0, 0.05) is 31.7 Å². The molecule has 0 fully saturated rings. The Kier molecular flexibility index (Phi) is 4.76. The van der Waals surface area contributed by atoms with Crippen molar-refractivity contribution in [1.82, 2.24) is 9.88 Å². The fourth-order valence-corrected chi connectivity index (χ4v) is 2.72. The second-order valence-electron chi connectivity index (χ2n) is 5.83. The van der Waals surface area contributed by atoms with E-state index < -0.39 is 0 Å². The molecule has 0 unspecified atom stereocenters. The third-order valence-corrected chi connectivity index (χ3v) is 3.56. The van der Waals surface area contributed by atoms with Crippen LogP contribution in [0.25, 0.3) is 0 Å². The van der Waals surface area contributed by atoms with Gasteiger partial charge in [-0.3, -0.25) is 9.88 Å². The van der Waals surface area contributed by atoms with Crippen molar-refractivity contribution >= 4 is 5.97 Å². The van der Waals surface area contributed by atoms with Crippen molar-refractivity contribution in [3.63, 3.8) is 0 Å². The van der Waals surface area contributed by atoms with Crippen molar-refractivity contribution in [2.75, 3.05) is 19.7 Å². The van der Waals surface area contributed by atoms with Gasteiger partial charge in [0.1, 0.15) is 0 Å². The molecule has 1 aliphatic rings. The second-order valence-corrected chi connectivity index (χ2v) is 5.83. The molecule has 0 radical (unpaired) electrons. The van der Waals surface area contributed by atoms with E-state index in [9.17, 15) is 4.79 Å². The van der Waals surface area contributed by atoms with Crippen LogP contribution in [-0.4, -0.2) is 35.5 Å². The zero-order chi connectivity index (χ0) is 14.7. The summed E-state index contributed by atoms with van der Waals surface area (Å²) in [5.41, 5.74) is 3.69. The summed E-state index contributed by atoms with van der Waals surface area (Å²) in [7, 11) is 0. The second kappa shape index (κ2) is 6.35. The maximum atomic E-state index is 11.9. The van der Waals surface area contributed by atoms with Gasteiger partial charge < -0.3 is 4.74 Å². The van der Waals surface area contributed by atoms with Crippen molar-refractivity contribution in [3.05, 3.63) is 28.6 Å². The first kappa shape index (κ1) is 15.0. The minimum absolute atomic E-state index is 0.263. The third kappa shape index (κ3) is 3.37. The Balaban J connectivity index is 2.22. The van der Waals surface area contributed by atoms with E-state index >= 15 is 0 Å². The highest BCUT2D eigenvalue weighted by Crippen LogP contribution is 2.21. The molecule has 2 heterocycles. The first-order chi connectivity index (χ1) is 9.51. The molecule has 1 aromatic heterocycles. The third-order valence-electron chi connectivity index (χ3n) is 3.56. The van der Waals surface area contributed by atoms with Gasteiger partial charge in [0.25, 0.3) is 0 Å². The van der Waals surface area contributed by atoms with Crippen LogP contribution >= 0.6 is 0 Å².